The molecule has 0 aliphatic carbocycles. The van der Waals surface area contributed by atoms with Gasteiger partial charge >= 0.3 is 0 Å². The first kappa shape index (κ1) is 12.7. The summed E-state index contributed by atoms with van der Waals surface area (Å²) in [7, 11) is 0. The smallest absolute Gasteiger partial charge is 0.205 e. The van der Waals surface area contributed by atoms with Crippen LogP contribution in [0.1, 0.15) is 30.7 Å². The lowest BCUT2D eigenvalue weighted by Crippen LogP contribution is -2.36. The number of aryl methyl sites for hydroxylation is 1. The lowest BCUT2D eigenvalue weighted by Gasteiger charge is -2.34. The highest BCUT2D eigenvalue weighted by Crippen LogP contribution is 2.35. The molecule has 0 amide bonds. The van der Waals surface area contributed by atoms with Gasteiger partial charge in [-0.05, 0) is 19.0 Å². The summed E-state index contributed by atoms with van der Waals surface area (Å²) in [5, 5.41) is 0. The third kappa shape index (κ3) is 2.73. The molecular weight excluding hydrogens is 238 g/mol. The summed E-state index contributed by atoms with van der Waals surface area (Å²) in [6.45, 7) is 6.81. The van der Waals surface area contributed by atoms with Crippen LogP contribution < -0.4 is 4.74 Å². The monoisotopic (exact) mass is 255 g/mol. The molecule has 94 valence electrons. The molecular formula is C12H17NO3S. The Labute approximate surface area is 106 Å². The van der Waals surface area contributed by atoms with Crippen molar-refractivity contribution in [1.29, 1.82) is 0 Å². The van der Waals surface area contributed by atoms with Crippen LogP contribution in [0.2, 0.25) is 0 Å². The Morgan fingerprint density at radius 2 is 2.29 bits per heavy atom. The molecule has 0 spiro atoms. The van der Waals surface area contributed by atoms with Gasteiger partial charge in [0.25, 0.3) is 0 Å². The number of hydrogen-bond acceptors (Lipinski definition) is 5. The molecule has 2 rings (SSSR count). The Bertz CT molecular complexity index is 420. The van der Waals surface area contributed by atoms with Crippen LogP contribution >= 0.6 is 12.0 Å². The molecule has 1 aliphatic rings. The van der Waals surface area contributed by atoms with Crippen LogP contribution in [-0.4, -0.2) is 17.0 Å². The van der Waals surface area contributed by atoms with Crippen LogP contribution in [-0.2, 0) is 22.1 Å². The lowest BCUT2D eigenvalue weighted by molar-refractivity contribution is -0.181. The van der Waals surface area contributed by atoms with Gasteiger partial charge in [0, 0.05) is 37.4 Å². The van der Waals surface area contributed by atoms with Gasteiger partial charge in [0.1, 0.15) is 5.75 Å². The Hall–Kier alpha value is -0.780. The van der Waals surface area contributed by atoms with Gasteiger partial charge in [0.15, 0.2) is 0 Å². The highest BCUT2D eigenvalue weighted by molar-refractivity contribution is 7.93. The predicted octanol–water partition coefficient (Wildman–Crippen LogP) is 2.83. The average molecular weight is 255 g/mol. The van der Waals surface area contributed by atoms with E-state index in [4.69, 9.17) is 13.7 Å². The maximum absolute atomic E-state index is 5.82. The quantitative estimate of drug-likeness (QED) is 0.777. The molecule has 4 nitrogen and oxygen atoms in total. The summed E-state index contributed by atoms with van der Waals surface area (Å²) < 4.78 is 16.8. The SMILES string of the molecule is CSOCc1cnc(C)c2c1COC(C)(C)O2. The minimum Gasteiger partial charge on any atom is -0.461 e. The predicted molar refractivity (Wildman–Crippen MR) is 66.8 cm³/mol. The van der Waals surface area contributed by atoms with Gasteiger partial charge in [-0.1, -0.05) is 0 Å². The molecule has 0 atom stereocenters. The van der Waals surface area contributed by atoms with E-state index in [9.17, 15) is 0 Å². The molecule has 0 bridgehead atoms. The van der Waals surface area contributed by atoms with Crippen LogP contribution in [0, 0.1) is 6.92 Å². The topological polar surface area (TPSA) is 40.6 Å². The second kappa shape index (κ2) is 4.84. The average Bonchev–Trinajstić information content (AvgIpc) is 2.28. The first-order valence-electron chi connectivity index (χ1n) is 5.49. The summed E-state index contributed by atoms with van der Waals surface area (Å²) in [4.78, 5) is 4.34. The Morgan fingerprint density at radius 3 is 3.00 bits per heavy atom. The molecule has 17 heavy (non-hydrogen) atoms. The standard InChI is InChI=1S/C12H17NO3S/c1-8-11-10(7-14-12(2,3)16-11)9(5-13-8)6-15-17-4/h5H,6-7H2,1-4H3. The molecule has 0 saturated carbocycles. The first-order valence-corrected chi connectivity index (χ1v) is 6.64. The Balaban J connectivity index is 2.34. The minimum absolute atomic E-state index is 0.518. The number of rotatable bonds is 3. The molecule has 0 unspecified atom stereocenters. The van der Waals surface area contributed by atoms with Crippen molar-refractivity contribution >= 4 is 12.0 Å². The number of pyridine rings is 1. The van der Waals surface area contributed by atoms with Crippen molar-refractivity contribution in [3.8, 4) is 5.75 Å². The Kier molecular flexibility index (Phi) is 3.61. The Morgan fingerprint density at radius 1 is 1.53 bits per heavy atom. The normalized spacial score (nSPS) is 17.4. The molecule has 1 aromatic rings. The van der Waals surface area contributed by atoms with E-state index in [1.54, 1.807) is 0 Å². The van der Waals surface area contributed by atoms with E-state index in [0.29, 0.717) is 13.2 Å². The summed E-state index contributed by atoms with van der Waals surface area (Å²) in [5.41, 5.74) is 2.96. The van der Waals surface area contributed by atoms with Gasteiger partial charge in [-0.15, -0.1) is 0 Å². The molecule has 0 saturated heterocycles. The summed E-state index contributed by atoms with van der Waals surface area (Å²) >= 11 is 1.34. The largest absolute Gasteiger partial charge is 0.461 e. The van der Waals surface area contributed by atoms with Gasteiger partial charge in [0.05, 0.1) is 18.9 Å². The second-order valence-corrected chi connectivity index (χ2v) is 4.96. The van der Waals surface area contributed by atoms with Crippen LogP contribution in [0.4, 0.5) is 0 Å². The van der Waals surface area contributed by atoms with Crippen molar-refractivity contribution in [3.63, 3.8) is 0 Å². The van der Waals surface area contributed by atoms with Crippen molar-refractivity contribution in [1.82, 2.24) is 4.98 Å². The van der Waals surface area contributed by atoms with Gasteiger partial charge in [-0.2, -0.15) is 0 Å². The number of fused-ring (bicyclic) bond motifs is 1. The lowest BCUT2D eigenvalue weighted by atomic mass is 10.1. The van der Waals surface area contributed by atoms with Gasteiger partial charge < -0.3 is 13.7 Å². The van der Waals surface area contributed by atoms with Crippen LogP contribution in [0.15, 0.2) is 6.20 Å². The number of hydrogen-bond donors (Lipinski definition) is 0. The summed E-state index contributed by atoms with van der Waals surface area (Å²) in [5.74, 6) is 0.252. The van der Waals surface area contributed by atoms with E-state index in [1.807, 2.05) is 33.2 Å². The van der Waals surface area contributed by atoms with E-state index in [-0.39, 0.29) is 0 Å². The van der Waals surface area contributed by atoms with Gasteiger partial charge in [-0.25, -0.2) is 0 Å². The third-order valence-electron chi connectivity index (χ3n) is 2.65. The van der Waals surface area contributed by atoms with Crippen LogP contribution in [0.5, 0.6) is 5.75 Å². The molecule has 1 aromatic heterocycles. The fourth-order valence-electron chi connectivity index (χ4n) is 1.74. The summed E-state index contributed by atoms with van der Waals surface area (Å²) in [6.07, 6.45) is 3.72. The summed E-state index contributed by atoms with van der Waals surface area (Å²) in [6, 6.07) is 0. The van der Waals surface area contributed by atoms with E-state index >= 15 is 0 Å². The number of nitrogens with zero attached hydrogens (tertiary/aromatic N) is 1. The molecule has 5 heteroatoms. The van der Waals surface area contributed by atoms with E-state index in [1.165, 1.54) is 12.0 Å². The maximum atomic E-state index is 5.82. The molecule has 0 aromatic carbocycles. The van der Waals surface area contributed by atoms with E-state index in [2.05, 4.69) is 4.98 Å². The van der Waals surface area contributed by atoms with E-state index < -0.39 is 5.79 Å². The molecule has 0 fully saturated rings. The fraction of sp³-hybridized carbons (Fsp3) is 0.583. The van der Waals surface area contributed by atoms with Crippen molar-refractivity contribution < 1.29 is 13.7 Å². The first-order chi connectivity index (χ1) is 8.03. The molecule has 2 heterocycles. The van der Waals surface area contributed by atoms with Gasteiger partial charge in [0.2, 0.25) is 5.79 Å². The van der Waals surface area contributed by atoms with Crippen LogP contribution in [0.3, 0.4) is 0 Å². The number of aromatic nitrogens is 1. The van der Waals surface area contributed by atoms with Crippen molar-refractivity contribution in [2.24, 2.45) is 0 Å². The molecule has 0 radical (unpaired) electrons. The van der Waals surface area contributed by atoms with Crippen molar-refractivity contribution in [2.45, 2.75) is 39.8 Å². The fourth-order valence-corrected chi connectivity index (χ4v) is 1.98. The van der Waals surface area contributed by atoms with Crippen molar-refractivity contribution in [3.05, 3.63) is 23.0 Å². The minimum atomic E-state index is -0.585. The number of ether oxygens (including phenoxy) is 2. The zero-order chi connectivity index (χ0) is 12.5. The highest BCUT2D eigenvalue weighted by Gasteiger charge is 2.30. The zero-order valence-electron chi connectivity index (χ0n) is 10.6. The van der Waals surface area contributed by atoms with Gasteiger partial charge in [-0.3, -0.25) is 4.98 Å². The molecule has 1 aliphatic heterocycles. The third-order valence-corrected chi connectivity index (χ3v) is 3.00. The van der Waals surface area contributed by atoms with E-state index in [0.717, 1.165) is 22.6 Å². The van der Waals surface area contributed by atoms with Crippen LogP contribution in [0.25, 0.3) is 0 Å². The second-order valence-electron chi connectivity index (χ2n) is 4.40. The van der Waals surface area contributed by atoms with Crippen molar-refractivity contribution in [2.75, 3.05) is 6.26 Å². The maximum Gasteiger partial charge on any atom is 0.205 e. The highest BCUT2D eigenvalue weighted by atomic mass is 32.2. The molecule has 0 N–H and O–H groups in total. The zero-order valence-corrected chi connectivity index (χ0v) is 11.4.